The molecule has 0 radical (unpaired) electrons. The lowest BCUT2D eigenvalue weighted by Gasteiger charge is -2.22. The maximum atomic E-state index is 11.8. The summed E-state index contributed by atoms with van der Waals surface area (Å²) in [6.45, 7) is 1.10. The molecule has 1 aromatic rings. The zero-order valence-electron chi connectivity index (χ0n) is 10.0. The zero-order chi connectivity index (χ0) is 13.3. The number of esters is 1. The van der Waals surface area contributed by atoms with Crippen molar-refractivity contribution >= 4 is 28.9 Å². The van der Waals surface area contributed by atoms with Crippen LogP contribution in [0.1, 0.15) is 16.8 Å². The first-order valence-corrected chi connectivity index (χ1v) is 6.01. The Bertz CT molecular complexity index is 479. The molecule has 0 aromatic heterocycles. The van der Waals surface area contributed by atoms with Gasteiger partial charge in [0.05, 0.1) is 29.5 Å². The van der Waals surface area contributed by atoms with E-state index in [4.69, 9.17) is 22.1 Å². The number of benzene rings is 1. The van der Waals surface area contributed by atoms with Crippen molar-refractivity contribution < 1.29 is 14.6 Å². The molecule has 1 atom stereocenters. The smallest absolute Gasteiger partial charge is 0.340 e. The summed E-state index contributed by atoms with van der Waals surface area (Å²) in [5.41, 5.74) is 7.00. The molecule has 1 aliphatic heterocycles. The van der Waals surface area contributed by atoms with Gasteiger partial charge in [0.2, 0.25) is 0 Å². The van der Waals surface area contributed by atoms with Gasteiger partial charge in [-0.25, -0.2) is 4.79 Å². The number of methoxy groups -OCH3 is 1. The van der Waals surface area contributed by atoms with Crippen LogP contribution in [0.25, 0.3) is 0 Å². The van der Waals surface area contributed by atoms with Crippen LogP contribution in [0.4, 0.5) is 11.4 Å². The van der Waals surface area contributed by atoms with Gasteiger partial charge in [-0.2, -0.15) is 0 Å². The Labute approximate surface area is 110 Å². The molecule has 5 nitrogen and oxygen atoms in total. The van der Waals surface area contributed by atoms with Crippen LogP contribution in [0.5, 0.6) is 0 Å². The van der Waals surface area contributed by atoms with Crippen molar-refractivity contribution in [2.75, 3.05) is 30.8 Å². The molecule has 1 aromatic carbocycles. The van der Waals surface area contributed by atoms with Gasteiger partial charge in [-0.1, -0.05) is 11.6 Å². The van der Waals surface area contributed by atoms with Gasteiger partial charge in [-0.3, -0.25) is 0 Å². The average molecular weight is 271 g/mol. The molecule has 98 valence electrons. The maximum Gasteiger partial charge on any atom is 0.340 e. The molecule has 3 N–H and O–H groups in total. The van der Waals surface area contributed by atoms with Gasteiger partial charge >= 0.3 is 5.97 Å². The van der Waals surface area contributed by atoms with Crippen LogP contribution >= 0.6 is 11.6 Å². The Hall–Kier alpha value is -1.46. The summed E-state index contributed by atoms with van der Waals surface area (Å²) in [4.78, 5) is 13.6. The summed E-state index contributed by atoms with van der Waals surface area (Å²) in [6.07, 6.45) is 0.255. The van der Waals surface area contributed by atoms with Gasteiger partial charge in [0.1, 0.15) is 0 Å². The second kappa shape index (κ2) is 5.04. The Morgan fingerprint density at radius 1 is 1.61 bits per heavy atom. The standard InChI is InChI=1S/C12H15ClN2O3/c1-18-12(17)9-4-7(14)5-10(13)11(9)15-3-2-8(16)6-15/h4-5,8,16H,2-3,6,14H2,1H3. The van der Waals surface area contributed by atoms with Gasteiger partial charge < -0.3 is 20.5 Å². The van der Waals surface area contributed by atoms with Crippen molar-refractivity contribution in [1.29, 1.82) is 0 Å². The highest BCUT2D eigenvalue weighted by Gasteiger charge is 2.27. The van der Waals surface area contributed by atoms with E-state index >= 15 is 0 Å². The van der Waals surface area contributed by atoms with Crippen molar-refractivity contribution in [2.45, 2.75) is 12.5 Å². The predicted octanol–water partition coefficient (Wildman–Crippen LogP) is 1.28. The first kappa shape index (κ1) is 13.0. The number of nitrogens with two attached hydrogens (primary N) is 1. The Kier molecular flexibility index (Phi) is 3.63. The fourth-order valence-electron chi connectivity index (χ4n) is 2.15. The highest BCUT2D eigenvalue weighted by Crippen LogP contribution is 2.35. The molecular formula is C12H15ClN2O3. The zero-order valence-corrected chi connectivity index (χ0v) is 10.8. The molecule has 6 heteroatoms. The number of β-amino-alcohol motifs (C(OH)–C–C–N with tert-alkyl or cyclic N) is 1. The summed E-state index contributed by atoms with van der Waals surface area (Å²) in [5.74, 6) is -0.486. The third-order valence-electron chi connectivity index (χ3n) is 2.97. The van der Waals surface area contributed by atoms with Gasteiger partial charge in [0.15, 0.2) is 0 Å². The minimum absolute atomic E-state index is 0.330. The number of anilines is 2. The molecule has 1 aliphatic rings. The summed E-state index contributed by atoms with van der Waals surface area (Å²) < 4.78 is 4.73. The number of halogens is 1. The van der Waals surface area contributed by atoms with E-state index in [0.717, 1.165) is 0 Å². The van der Waals surface area contributed by atoms with Gasteiger partial charge in [-0.15, -0.1) is 0 Å². The highest BCUT2D eigenvalue weighted by atomic mass is 35.5. The minimum Gasteiger partial charge on any atom is -0.465 e. The summed E-state index contributed by atoms with van der Waals surface area (Å²) in [7, 11) is 1.31. The molecule has 18 heavy (non-hydrogen) atoms. The van der Waals surface area contributed by atoms with E-state index in [1.807, 2.05) is 4.90 Å². The Morgan fingerprint density at radius 2 is 2.33 bits per heavy atom. The average Bonchev–Trinajstić information content (AvgIpc) is 2.73. The number of hydrogen-bond acceptors (Lipinski definition) is 5. The molecule has 0 amide bonds. The SMILES string of the molecule is COC(=O)c1cc(N)cc(Cl)c1N1CCC(O)C1. The first-order valence-electron chi connectivity index (χ1n) is 5.63. The molecule has 0 spiro atoms. The van der Waals surface area contributed by atoms with Crippen LogP contribution < -0.4 is 10.6 Å². The number of hydrogen-bond donors (Lipinski definition) is 2. The summed E-state index contributed by atoms with van der Waals surface area (Å²) in [6, 6.07) is 3.13. The fraction of sp³-hybridized carbons (Fsp3) is 0.417. The number of nitrogens with zero attached hydrogens (tertiary/aromatic N) is 1. The van der Waals surface area contributed by atoms with Gasteiger partial charge in [0, 0.05) is 18.8 Å². The number of nitrogen functional groups attached to an aromatic ring is 1. The van der Waals surface area contributed by atoms with E-state index in [1.54, 1.807) is 6.07 Å². The Morgan fingerprint density at radius 3 is 2.89 bits per heavy atom. The van der Waals surface area contributed by atoms with E-state index in [1.165, 1.54) is 13.2 Å². The van der Waals surface area contributed by atoms with Crippen molar-refractivity contribution in [3.8, 4) is 0 Å². The van der Waals surface area contributed by atoms with Crippen molar-refractivity contribution in [3.63, 3.8) is 0 Å². The lowest BCUT2D eigenvalue weighted by atomic mass is 10.1. The van der Waals surface area contributed by atoms with E-state index in [0.29, 0.717) is 41.5 Å². The third kappa shape index (κ3) is 2.37. The second-order valence-electron chi connectivity index (χ2n) is 4.28. The molecule has 1 fully saturated rings. The van der Waals surface area contributed by atoms with Crippen LogP contribution in [0.15, 0.2) is 12.1 Å². The molecular weight excluding hydrogens is 256 g/mol. The van der Waals surface area contributed by atoms with Crippen molar-refractivity contribution in [2.24, 2.45) is 0 Å². The number of ether oxygens (including phenoxy) is 1. The van der Waals surface area contributed by atoms with Crippen LogP contribution in [-0.2, 0) is 4.74 Å². The molecule has 1 heterocycles. The second-order valence-corrected chi connectivity index (χ2v) is 4.69. The van der Waals surface area contributed by atoms with Gasteiger partial charge in [-0.05, 0) is 18.6 Å². The number of carbonyl (C=O) groups is 1. The summed E-state index contributed by atoms with van der Waals surface area (Å²) >= 11 is 6.15. The molecule has 1 saturated heterocycles. The molecule has 1 unspecified atom stereocenters. The normalized spacial score (nSPS) is 19.1. The molecule has 0 aliphatic carbocycles. The quantitative estimate of drug-likeness (QED) is 0.625. The number of aliphatic hydroxyl groups excluding tert-OH is 1. The largest absolute Gasteiger partial charge is 0.465 e. The minimum atomic E-state index is -0.486. The lowest BCUT2D eigenvalue weighted by molar-refractivity contribution is 0.0601. The van der Waals surface area contributed by atoms with Gasteiger partial charge in [0.25, 0.3) is 0 Å². The molecule has 2 rings (SSSR count). The van der Waals surface area contributed by atoms with E-state index in [2.05, 4.69) is 0 Å². The molecule has 0 saturated carbocycles. The predicted molar refractivity (Wildman–Crippen MR) is 70.0 cm³/mol. The number of aliphatic hydroxyl groups is 1. The van der Waals surface area contributed by atoms with E-state index < -0.39 is 12.1 Å². The highest BCUT2D eigenvalue weighted by molar-refractivity contribution is 6.34. The van der Waals surface area contributed by atoms with Crippen LogP contribution in [0.3, 0.4) is 0 Å². The Balaban J connectivity index is 2.47. The lowest BCUT2D eigenvalue weighted by Crippen LogP contribution is -2.24. The summed E-state index contributed by atoms with van der Waals surface area (Å²) in [5, 5.41) is 9.96. The monoisotopic (exact) mass is 270 g/mol. The van der Waals surface area contributed by atoms with E-state index in [-0.39, 0.29) is 0 Å². The topological polar surface area (TPSA) is 75.8 Å². The third-order valence-corrected chi connectivity index (χ3v) is 3.26. The van der Waals surface area contributed by atoms with Crippen LogP contribution in [0, 0.1) is 0 Å². The van der Waals surface area contributed by atoms with Crippen molar-refractivity contribution in [1.82, 2.24) is 0 Å². The van der Waals surface area contributed by atoms with Crippen molar-refractivity contribution in [3.05, 3.63) is 22.7 Å². The first-order chi connectivity index (χ1) is 8.52. The number of rotatable bonds is 2. The van der Waals surface area contributed by atoms with Crippen LogP contribution in [0.2, 0.25) is 5.02 Å². The number of carbonyl (C=O) groups excluding carboxylic acids is 1. The maximum absolute atomic E-state index is 11.8. The van der Waals surface area contributed by atoms with Crippen LogP contribution in [-0.4, -0.2) is 37.4 Å². The fourth-order valence-corrected chi connectivity index (χ4v) is 2.50. The van der Waals surface area contributed by atoms with E-state index in [9.17, 15) is 9.90 Å². The molecule has 0 bridgehead atoms.